The molecular formula is C21H26F3NO2. The van der Waals surface area contributed by atoms with E-state index in [0.29, 0.717) is 25.9 Å². The molecule has 1 aromatic rings. The number of carbonyl (C=O) groups excluding carboxylic acids is 1. The Kier molecular flexibility index (Phi) is 5.94. The summed E-state index contributed by atoms with van der Waals surface area (Å²) in [6, 6.07) is 5.57. The number of allylic oxidation sites excluding steroid dienone is 1. The van der Waals surface area contributed by atoms with Crippen LogP contribution in [0, 0.1) is 5.41 Å². The molecule has 27 heavy (non-hydrogen) atoms. The van der Waals surface area contributed by atoms with Gasteiger partial charge in [-0.25, -0.2) is 0 Å². The topological polar surface area (TPSA) is 40.5 Å². The third-order valence-electron chi connectivity index (χ3n) is 5.90. The van der Waals surface area contributed by atoms with E-state index in [-0.39, 0.29) is 24.5 Å². The Hall–Kier alpha value is -1.82. The molecule has 0 unspecified atom stereocenters. The molecule has 0 bridgehead atoms. The van der Waals surface area contributed by atoms with Crippen LogP contribution in [-0.4, -0.2) is 35.6 Å². The average molecular weight is 381 g/mol. The molecule has 1 fully saturated rings. The smallest absolute Gasteiger partial charge is 0.396 e. The maximum atomic E-state index is 13.3. The summed E-state index contributed by atoms with van der Waals surface area (Å²) in [5.74, 6) is 0.0527. The van der Waals surface area contributed by atoms with Crippen molar-refractivity contribution in [3.63, 3.8) is 0 Å². The Morgan fingerprint density at radius 2 is 1.85 bits per heavy atom. The number of alkyl halides is 3. The molecule has 2 aliphatic rings. The summed E-state index contributed by atoms with van der Waals surface area (Å²) in [5.41, 5.74) is -0.170. The molecule has 1 aliphatic carbocycles. The van der Waals surface area contributed by atoms with Crippen molar-refractivity contribution in [2.75, 3.05) is 19.7 Å². The first-order valence-electron chi connectivity index (χ1n) is 9.59. The largest absolute Gasteiger partial charge is 0.416 e. The molecule has 1 saturated heterocycles. The highest BCUT2D eigenvalue weighted by molar-refractivity contribution is 5.93. The first-order valence-corrected chi connectivity index (χ1v) is 9.59. The minimum atomic E-state index is -4.41. The highest BCUT2D eigenvalue weighted by Gasteiger charge is 2.39. The van der Waals surface area contributed by atoms with Gasteiger partial charge in [0.05, 0.1) is 5.56 Å². The normalized spacial score (nSPS) is 20.3. The van der Waals surface area contributed by atoms with Crippen LogP contribution < -0.4 is 0 Å². The summed E-state index contributed by atoms with van der Waals surface area (Å²) in [4.78, 5) is 14.4. The SMILES string of the molecule is O=C(C1=CCCCC1)N1CCC(CO)(Cc2ccccc2C(F)(F)F)CC1. The quantitative estimate of drug-likeness (QED) is 0.842. The van der Waals surface area contributed by atoms with Crippen molar-refractivity contribution in [3.05, 3.63) is 47.0 Å². The van der Waals surface area contributed by atoms with Gasteiger partial charge in [-0.2, -0.15) is 13.2 Å². The second-order valence-electron chi connectivity index (χ2n) is 7.76. The number of hydrogen-bond donors (Lipinski definition) is 1. The van der Waals surface area contributed by atoms with Crippen molar-refractivity contribution in [2.24, 2.45) is 5.41 Å². The van der Waals surface area contributed by atoms with Crippen LogP contribution in [0.5, 0.6) is 0 Å². The minimum absolute atomic E-state index is 0.0527. The molecule has 1 N–H and O–H groups in total. The van der Waals surface area contributed by atoms with Crippen molar-refractivity contribution < 1.29 is 23.1 Å². The number of nitrogens with zero attached hydrogens (tertiary/aromatic N) is 1. The first kappa shape index (κ1) is 19.9. The molecule has 0 radical (unpaired) electrons. The van der Waals surface area contributed by atoms with Gasteiger partial charge in [-0.3, -0.25) is 4.79 Å². The van der Waals surface area contributed by atoms with Gasteiger partial charge in [-0.05, 0) is 56.6 Å². The lowest BCUT2D eigenvalue weighted by Gasteiger charge is -2.41. The van der Waals surface area contributed by atoms with E-state index in [0.717, 1.165) is 37.3 Å². The summed E-state index contributed by atoms with van der Waals surface area (Å²) >= 11 is 0. The third-order valence-corrected chi connectivity index (χ3v) is 5.90. The van der Waals surface area contributed by atoms with Gasteiger partial charge in [-0.1, -0.05) is 24.3 Å². The molecule has 1 amide bonds. The van der Waals surface area contributed by atoms with Crippen molar-refractivity contribution in [1.82, 2.24) is 4.90 Å². The summed E-state index contributed by atoms with van der Waals surface area (Å²) in [7, 11) is 0. The molecule has 3 rings (SSSR count). The molecule has 1 aromatic carbocycles. The van der Waals surface area contributed by atoms with Gasteiger partial charge >= 0.3 is 6.18 Å². The Morgan fingerprint density at radius 3 is 2.44 bits per heavy atom. The van der Waals surface area contributed by atoms with Crippen LogP contribution in [0.25, 0.3) is 0 Å². The zero-order chi connectivity index (χ0) is 19.5. The molecule has 0 spiro atoms. The van der Waals surface area contributed by atoms with Crippen LogP contribution in [-0.2, 0) is 17.4 Å². The van der Waals surface area contributed by atoms with Gasteiger partial charge in [0.1, 0.15) is 0 Å². The summed E-state index contributed by atoms with van der Waals surface area (Å²) < 4.78 is 39.9. The van der Waals surface area contributed by atoms with Gasteiger partial charge in [0, 0.05) is 30.7 Å². The molecule has 148 valence electrons. The van der Waals surface area contributed by atoms with Crippen LogP contribution in [0.1, 0.15) is 49.7 Å². The highest BCUT2D eigenvalue weighted by Crippen LogP contribution is 2.39. The number of likely N-dealkylation sites (tertiary alicyclic amines) is 1. The number of piperidine rings is 1. The average Bonchev–Trinajstić information content (AvgIpc) is 2.68. The number of halogens is 3. The van der Waals surface area contributed by atoms with Crippen molar-refractivity contribution in [3.8, 4) is 0 Å². The molecule has 0 atom stereocenters. The lowest BCUT2D eigenvalue weighted by Crippen LogP contribution is -2.46. The molecule has 1 heterocycles. The van der Waals surface area contributed by atoms with E-state index >= 15 is 0 Å². The van der Waals surface area contributed by atoms with Gasteiger partial charge in [0.15, 0.2) is 0 Å². The van der Waals surface area contributed by atoms with E-state index in [9.17, 15) is 23.1 Å². The van der Waals surface area contributed by atoms with Crippen molar-refractivity contribution in [2.45, 2.75) is 51.1 Å². The molecule has 0 aromatic heterocycles. The zero-order valence-electron chi connectivity index (χ0n) is 15.4. The number of rotatable bonds is 4. The minimum Gasteiger partial charge on any atom is -0.396 e. The number of aliphatic hydroxyl groups is 1. The maximum absolute atomic E-state index is 13.3. The Balaban J connectivity index is 1.70. The van der Waals surface area contributed by atoms with Crippen LogP contribution in [0.15, 0.2) is 35.9 Å². The second-order valence-corrected chi connectivity index (χ2v) is 7.76. The predicted molar refractivity (Wildman–Crippen MR) is 97.0 cm³/mol. The standard InChI is InChI=1S/C21H26F3NO2/c22-21(23,24)18-9-5-4-8-17(18)14-20(15-26)10-12-25(13-11-20)19(27)16-6-2-1-3-7-16/h4-6,8-9,26H,1-3,7,10-15H2. The summed E-state index contributed by atoms with van der Waals surface area (Å²) in [5, 5.41) is 9.97. The van der Waals surface area contributed by atoms with Gasteiger partial charge in [-0.15, -0.1) is 0 Å². The van der Waals surface area contributed by atoms with E-state index in [1.54, 1.807) is 11.0 Å². The molecule has 1 aliphatic heterocycles. The number of benzene rings is 1. The Morgan fingerprint density at radius 1 is 1.15 bits per heavy atom. The first-order chi connectivity index (χ1) is 12.8. The fraction of sp³-hybridized carbons (Fsp3) is 0.571. The Bertz CT molecular complexity index is 704. The van der Waals surface area contributed by atoms with Crippen LogP contribution in [0.3, 0.4) is 0 Å². The van der Waals surface area contributed by atoms with Crippen LogP contribution in [0.2, 0.25) is 0 Å². The fourth-order valence-electron chi connectivity index (χ4n) is 4.17. The van der Waals surface area contributed by atoms with Crippen molar-refractivity contribution in [1.29, 1.82) is 0 Å². The molecular weight excluding hydrogens is 355 g/mol. The third kappa shape index (κ3) is 4.54. The van der Waals surface area contributed by atoms with E-state index in [4.69, 9.17) is 0 Å². The van der Waals surface area contributed by atoms with Crippen LogP contribution in [0.4, 0.5) is 13.2 Å². The lowest BCUT2D eigenvalue weighted by atomic mass is 9.73. The maximum Gasteiger partial charge on any atom is 0.416 e. The number of carbonyl (C=O) groups is 1. The number of hydrogen-bond acceptors (Lipinski definition) is 2. The molecule has 6 heteroatoms. The van der Waals surface area contributed by atoms with E-state index in [1.807, 2.05) is 6.08 Å². The monoisotopic (exact) mass is 381 g/mol. The highest BCUT2D eigenvalue weighted by atomic mass is 19.4. The number of aliphatic hydroxyl groups excluding tert-OH is 1. The number of amides is 1. The van der Waals surface area contributed by atoms with E-state index in [2.05, 4.69) is 0 Å². The second kappa shape index (κ2) is 8.05. The lowest BCUT2D eigenvalue weighted by molar-refractivity contribution is -0.138. The Labute approximate surface area is 157 Å². The van der Waals surface area contributed by atoms with E-state index < -0.39 is 17.2 Å². The molecule has 0 saturated carbocycles. The van der Waals surface area contributed by atoms with Gasteiger partial charge < -0.3 is 10.0 Å². The van der Waals surface area contributed by atoms with Gasteiger partial charge in [0.2, 0.25) is 5.91 Å². The zero-order valence-corrected chi connectivity index (χ0v) is 15.4. The predicted octanol–water partition coefficient (Wildman–Crippen LogP) is 4.35. The summed E-state index contributed by atoms with van der Waals surface area (Å²) in [6.45, 7) is 0.778. The van der Waals surface area contributed by atoms with Crippen molar-refractivity contribution >= 4 is 5.91 Å². The van der Waals surface area contributed by atoms with E-state index in [1.165, 1.54) is 12.1 Å². The fourth-order valence-corrected chi connectivity index (χ4v) is 4.17. The molecule has 3 nitrogen and oxygen atoms in total. The summed E-state index contributed by atoms with van der Waals surface area (Å²) in [6.07, 6.45) is 2.68. The van der Waals surface area contributed by atoms with Crippen LogP contribution >= 0.6 is 0 Å². The van der Waals surface area contributed by atoms with Gasteiger partial charge in [0.25, 0.3) is 0 Å².